The minimum Gasteiger partial charge on any atom is -0.456 e. The van der Waals surface area contributed by atoms with Crippen LogP contribution in [0, 0.1) is 0 Å². The number of furan rings is 1. The maximum atomic E-state index is 6.07. The molecule has 0 aliphatic rings. The highest BCUT2D eigenvalue weighted by molar-refractivity contribution is 6.21. The number of para-hydroxylation sites is 1. The van der Waals surface area contributed by atoms with Crippen LogP contribution in [-0.4, -0.2) is 0 Å². The van der Waals surface area contributed by atoms with Crippen molar-refractivity contribution in [2.45, 2.75) is 6.92 Å². The van der Waals surface area contributed by atoms with Gasteiger partial charge in [0.15, 0.2) is 0 Å². The molecule has 8 rings (SSSR count). The van der Waals surface area contributed by atoms with Crippen LogP contribution >= 0.6 is 0 Å². The van der Waals surface area contributed by atoms with Gasteiger partial charge in [-0.05, 0) is 90.8 Å². The van der Waals surface area contributed by atoms with Gasteiger partial charge in [0.1, 0.15) is 11.2 Å². The molecule has 0 radical (unpaired) electrons. The lowest BCUT2D eigenvalue weighted by atomic mass is 9.84. The van der Waals surface area contributed by atoms with Crippen molar-refractivity contribution in [3.05, 3.63) is 169 Å². The first-order chi connectivity index (χ1) is 21.7. The molecule has 0 bridgehead atoms. The number of hydrogen-bond donors (Lipinski definition) is 0. The van der Waals surface area contributed by atoms with E-state index in [1.165, 1.54) is 49.0 Å². The lowest BCUT2D eigenvalue weighted by molar-refractivity contribution is 0.669. The van der Waals surface area contributed by atoms with Crippen molar-refractivity contribution in [3.8, 4) is 11.1 Å². The van der Waals surface area contributed by atoms with Crippen molar-refractivity contribution in [2.75, 3.05) is 0 Å². The van der Waals surface area contributed by atoms with Gasteiger partial charge in [-0.3, -0.25) is 0 Å². The number of allylic oxidation sites excluding steroid dienone is 5. The van der Waals surface area contributed by atoms with Gasteiger partial charge in [-0.25, -0.2) is 0 Å². The normalized spacial score (nSPS) is 12.3. The molecular weight excluding hydrogens is 532 g/mol. The molecule has 44 heavy (non-hydrogen) atoms. The van der Waals surface area contributed by atoms with Crippen molar-refractivity contribution < 1.29 is 4.42 Å². The summed E-state index contributed by atoms with van der Waals surface area (Å²) in [6.07, 6.45) is 6.51. The van der Waals surface area contributed by atoms with Crippen LogP contribution in [0.25, 0.3) is 76.5 Å². The lowest BCUT2D eigenvalue weighted by Gasteiger charge is -2.18. The largest absolute Gasteiger partial charge is 0.456 e. The summed E-state index contributed by atoms with van der Waals surface area (Å²) in [5.41, 5.74) is 8.78. The van der Waals surface area contributed by atoms with Gasteiger partial charge in [-0.15, -0.1) is 0 Å². The molecule has 1 heterocycles. The molecule has 0 atom stereocenters. The molecule has 0 saturated heterocycles. The fourth-order valence-electron chi connectivity index (χ4n) is 6.75. The minimum absolute atomic E-state index is 0.906. The summed E-state index contributed by atoms with van der Waals surface area (Å²) in [5.74, 6) is 0. The van der Waals surface area contributed by atoms with Crippen molar-refractivity contribution in [1.29, 1.82) is 0 Å². The summed E-state index contributed by atoms with van der Waals surface area (Å²) in [7, 11) is 0. The second-order valence-corrected chi connectivity index (χ2v) is 11.3. The lowest BCUT2D eigenvalue weighted by Crippen LogP contribution is -1.93. The molecule has 0 fully saturated rings. The van der Waals surface area contributed by atoms with Crippen LogP contribution in [0.4, 0.5) is 0 Å². The van der Waals surface area contributed by atoms with Crippen LogP contribution in [0.3, 0.4) is 0 Å². The van der Waals surface area contributed by atoms with Gasteiger partial charge in [-0.1, -0.05) is 140 Å². The van der Waals surface area contributed by atoms with Gasteiger partial charge in [0.2, 0.25) is 0 Å². The Morgan fingerprint density at radius 2 is 1.14 bits per heavy atom. The standard InChI is InChI=1S/C43H30O/c1-3-29(31-25-26-41-39(27-31)33-16-10-11-22-40(33)44-41)24-23-28(2)42-35-17-6-8-19-37(35)43(38-20-9-7-18-36(38)42)34-21-12-14-30-13-4-5-15-32(30)34/h3-27H,2H2,1H3/b24-23-,29-3+. The van der Waals surface area contributed by atoms with Crippen LogP contribution in [0.2, 0.25) is 0 Å². The maximum Gasteiger partial charge on any atom is 0.135 e. The zero-order valence-corrected chi connectivity index (χ0v) is 24.5. The molecule has 0 N–H and O–H groups in total. The first-order valence-corrected chi connectivity index (χ1v) is 15.1. The van der Waals surface area contributed by atoms with Gasteiger partial charge in [0.05, 0.1) is 0 Å². The monoisotopic (exact) mass is 562 g/mol. The fourth-order valence-corrected chi connectivity index (χ4v) is 6.75. The molecule has 1 aromatic heterocycles. The topological polar surface area (TPSA) is 13.1 Å². The molecule has 0 aliphatic heterocycles. The quantitative estimate of drug-likeness (QED) is 0.150. The summed E-state index contributed by atoms with van der Waals surface area (Å²) in [6.45, 7) is 6.72. The second-order valence-electron chi connectivity index (χ2n) is 11.3. The molecule has 208 valence electrons. The molecular formula is C43H30O. The summed E-state index contributed by atoms with van der Waals surface area (Å²) in [4.78, 5) is 0. The van der Waals surface area contributed by atoms with E-state index in [9.17, 15) is 0 Å². The van der Waals surface area contributed by atoms with Crippen molar-refractivity contribution in [3.63, 3.8) is 0 Å². The molecule has 0 aliphatic carbocycles. The van der Waals surface area contributed by atoms with Crippen LogP contribution in [0.15, 0.2) is 163 Å². The Hall–Kier alpha value is -5.66. The Bertz CT molecular complexity index is 2400. The van der Waals surface area contributed by atoms with Crippen molar-refractivity contribution in [2.24, 2.45) is 0 Å². The first kappa shape index (κ1) is 26.0. The molecule has 7 aromatic carbocycles. The number of benzene rings is 7. The smallest absolute Gasteiger partial charge is 0.135 e. The van der Waals surface area contributed by atoms with Gasteiger partial charge < -0.3 is 4.42 Å². The van der Waals surface area contributed by atoms with E-state index in [2.05, 4.69) is 153 Å². The predicted molar refractivity (Wildman–Crippen MR) is 190 cm³/mol. The van der Waals surface area contributed by atoms with Gasteiger partial charge in [-0.2, -0.15) is 0 Å². The summed E-state index contributed by atoms with van der Waals surface area (Å²) in [6, 6.07) is 47.4. The first-order valence-electron chi connectivity index (χ1n) is 15.1. The summed E-state index contributed by atoms with van der Waals surface area (Å²) < 4.78 is 6.07. The molecule has 0 amide bonds. The Morgan fingerprint density at radius 1 is 0.545 bits per heavy atom. The van der Waals surface area contributed by atoms with Gasteiger partial charge in [0.25, 0.3) is 0 Å². The SMILES string of the molecule is C=C(/C=C\C(=C/C)c1ccc2oc3ccccc3c2c1)c1c2ccccc2c(-c2cccc3ccccc23)c2ccccc12. The van der Waals surface area contributed by atoms with Crippen LogP contribution in [0.5, 0.6) is 0 Å². The Balaban J connectivity index is 1.27. The Morgan fingerprint density at radius 3 is 1.86 bits per heavy atom. The van der Waals surface area contributed by atoms with Crippen LogP contribution in [-0.2, 0) is 0 Å². The average Bonchev–Trinajstić information content (AvgIpc) is 3.45. The number of fused-ring (bicyclic) bond motifs is 6. The van der Waals surface area contributed by atoms with Crippen LogP contribution in [0.1, 0.15) is 18.1 Å². The van der Waals surface area contributed by atoms with Crippen LogP contribution < -0.4 is 0 Å². The molecule has 0 unspecified atom stereocenters. The predicted octanol–water partition coefficient (Wildman–Crippen LogP) is 12.4. The second kappa shape index (κ2) is 10.6. The van der Waals surface area contributed by atoms with E-state index in [-0.39, 0.29) is 0 Å². The average molecular weight is 563 g/mol. The van der Waals surface area contributed by atoms with E-state index in [1.807, 2.05) is 12.1 Å². The van der Waals surface area contributed by atoms with E-state index in [1.54, 1.807) is 0 Å². The van der Waals surface area contributed by atoms with Gasteiger partial charge in [0, 0.05) is 10.8 Å². The van der Waals surface area contributed by atoms with E-state index in [0.717, 1.165) is 38.6 Å². The molecule has 1 nitrogen and oxygen atoms in total. The highest BCUT2D eigenvalue weighted by Crippen LogP contribution is 2.43. The summed E-state index contributed by atoms with van der Waals surface area (Å²) >= 11 is 0. The Labute approximate surface area is 256 Å². The number of rotatable bonds is 5. The third-order valence-corrected chi connectivity index (χ3v) is 8.80. The van der Waals surface area contributed by atoms with Gasteiger partial charge >= 0.3 is 0 Å². The number of hydrogen-bond acceptors (Lipinski definition) is 1. The van der Waals surface area contributed by atoms with Crippen molar-refractivity contribution >= 4 is 65.4 Å². The minimum atomic E-state index is 0.906. The van der Waals surface area contributed by atoms with E-state index < -0.39 is 0 Å². The van der Waals surface area contributed by atoms with E-state index in [0.29, 0.717) is 0 Å². The highest BCUT2D eigenvalue weighted by Gasteiger charge is 2.17. The zero-order valence-electron chi connectivity index (χ0n) is 24.5. The Kier molecular flexibility index (Phi) is 6.24. The molecule has 0 spiro atoms. The molecule has 0 saturated carbocycles. The zero-order chi connectivity index (χ0) is 29.6. The molecule has 1 heteroatoms. The molecule has 8 aromatic rings. The van der Waals surface area contributed by atoms with E-state index >= 15 is 0 Å². The summed E-state index contributed by atoms with van der Waals surface area (Å²) in [5, 5.41) is 9.65. The van der Waals surface area contributed by atoms with Crippen molar-refractivity contribution in [1.82, 2.24) is 0 Å². The maximum absolute atomic E-state index is 6.07. The third kappa shape index (κ3) is 4.17. The third-order valence-electron chi connectivity index (χ3n) is 8.80. The van der Waals surface area contributed by atoms with E-state index in [4.69, 9.17) is 4.42 Å². The fraction of sp³-hybridized carbons (Fsp3) is 0.0233. The highest BCUT2D eigenvalue weighted by atomic mass is 16.3.